The summed E-state index contributed by atoms with van der Waals surface area (Å²) in [5, 5.41) is 20.5. The lowest BCUT2D eigenvalue weighted by Crippen LogP contribution is -2.29. The fourth-order valence-electron chi connectivity index (χ4n) is 3.93. The molecule has 164 valence electrons. The Morgan fingerprint density at radius 2 is 1.72 bits per heavy atom. The van der Waals surface area contributed by atoms with Gasteiger partial charge < -0.3 is 5.11 Å². The lowest BCUT2D eigenvalue weighted by Gasteiger charge is -2.23. The average molecular weight is 448 g/mol. The summed E-state index contributed by atoms with van der Waals surface area (Å²) >= 11 is 1.24. The molecule has 0 radical (unpaired) electrons. The molecule has 1 aliphatic heterocycles. The summed E-state index contributed by atoms with van der Waals surface area (Å²) in [5.74, 6) is -1.28. The number of anilines is 1. The second kappa shape index (κ2) is 8.31. The topological polar surface area (TPSA) is 83.4 Å². The number of benzene rings is 2. The lowest BCUT2D eigenvalue weighted by atomic mass is 9.92. The summed E-state index contributed by atoms with van der Waals surface area (Å²) in [6.07, 6.45) is 0. The quantitative estimate of drug-likeness (QED) is 0.337. The van der Waals surface area contributed by atoms with E-state index in [4.69, 9.17) is 0 Å². The van der Waals surface area contributed by atoms with Crippen LogP contribution >= 0.6 is 11.3 Å². The van der Waals surface area contributed by atoms with Crippen LogP contribution in [0, 0.1) is 20.8 Å². The van der Waals surface area contributed by atoms with E-state index in [2.05, 4.69) is 24.0 Å². The van der Waals surface area contributed by atoms with Crippen molar-refractivity contribution in [3.05, 3.63) is 80.9 Å². The fraction of sp³-hybridized carbons (Fsp3) is 0.280. The molecule has 0 spiro atoms. The molecule has 1 fully saturated rings. The molecular weight excluding hydrogens is 422 g/mol. The van der Waals surface area contributed by atoms with E-state index >= 15 is 0 Å². The van der Waals surface area contributed by atoms with Gasteiger partial charge in [0, 0.05) is 5.56 Å². The second-order valence-corrected chi connectivity index (χ2v) is 9.57. The van der Waals surface area contributed by atoms with Crippen molar-refractivity contribution in [2.75, 3.05) is 4.90 Å². The van der Waals surface area contributed by atoms with Crippen molar-refractivity contribution in [2.45, 2.75) is 46.6 Å². The van der Waals surface area contributed by atoms with Gasteiger partial charge in [0.05, 0.1) is 11.6 Å². The first kappa shape index (κ1) is 21.9. The number of ketones is 1. The number of aromatic nitrogens is 2. The summed E-state index contributed by atoms with van der Waals surface area (Å²) in [7, 11) is 0. The van der Waals surface area contributed by atoms with Gasteiger partial charge in [0.25, 0.3) is 5.78 Å². The van der Waals surface area contributed by atoms with Crippen molar-refractivity contribution in [2.24, 2.45) is 0 Å². The number of Topliss-reactive ketones (excluding diaryl/α,β-unsaturated/α-hetero) is 1. The summed E-state index contributed by atoms with van der Waals surface area (Å²) in [5.41, 5.74) is 4.25. The van der Waals surface area contributed by atoms with Gasteiger partial charge in [-0.2, -0.15) is 0 Å². The van der Waals surface area contributed by atoms with Gasteiger partial charge in [-0.25, -0.2) is 0 Å². The molecule has 1 amide bonds. The molecule has 3 aromatic rings. The van der Waals surface area contributed by atoms with E-state index in [0.717, 1.165) is 22.3 Å². The van der Waals surface area contributed by atoms with Gasteiger partial charge in [0.15, 0.2) is 0 Å². The fourth-order valence-corrected chi connectivity index (χ4v) is 4.64. The van der Waals surface area contributed by atoms with E-state index in [9.17, 15) is 14.7 Å². The molecule has 1 unspecified atom stereocenters. The Morgan fingerprint density at radius 3 is 2.31 bits per heavy atom. The first-order valence-electron chi connectivity index (χ1n) is 10.5. The van der Waals surface area contributed by atoms with Crippen LogP contribution in [0.4, 0.5) is 5.13 Å². The smallest absolute Gasteiger partial charge is 0.301 e. The van der Waals surface area contributed by atoms with Gasteiger partial charge in [0.2, 0.25) is 5.13 Å². The maximum Gasteiger partial charge on any atom is 0.301 e. The first-order valence-corrected chi connectivity index (χ1v) is 11.3. The third-order valence-corrected chi connectivity index (χ3v) is 6.57. The van der Waals surface area contributed by atoms with E-state index in [1.165, 1.54) is 16.2 Å². The molecule has 1 saturated heterocycles. The van der Waals surface area contributed by atoms with Crippen molar-refractivity contribution >= 4 is 33.9 Å². The Morgan fingerprint density at radius 1 is 1.03 bits per heavy atom. The van der Waals surface area contributed by atoms with E-state index in [1.54, 1.807) is 6.92 Å². The predicted molar refractivity (Wildman–Crippen MR) is 126 cm³/mol. The zero-order chi connectivity index (χ0) is 23.2. The Labute approximate surface area is 191 Å². The van der Waals surface area contributed by atoms with Crippen molar-refractivity contribution in [1.82, 2.24) is 10.2 Å². The molecule has 0 aliphatic carbocycles. The first-order chi connectivity index (χ1) is 15.2. The highest BCUT2D eigenvalue weighted by Gasteiger charge is 2.48. The zero-order valence-electron chi connectivity index (χ0n) is 18.7. The monoisotopic (exact) mass is 447 g/mol. The van der Waals surface area contributed by atoms with Crippen LogP contribution in [-0.4, -0.2) is 27.0 Å². The van der Waals surface area contributed by atoms with Crippen LogP contribution in [0.5, 0.6) is 0 Å². The standard InChI is InChI=1S/C25H25N3O3S/c1-13(2)17-8-10-18(11-9-17)21-20(22(29)19-12-14(3)6-7-15(19)4)23(30)24(31)28(21)25-27-26-16(5)32-25/h6-13,21,29H,1-5H3. The minimum absolute atomic E-state index is 0.0638. The number of aliphatic hydroxyl groups is 1. The minimum atomic E-state index is -0.788. The van der Waals surface area contributed by atoms with E-state index in [0.29, 0.717) is 21.6 Å². The summed E-state index contributed by atoms with van der Waals surface area (Å²) < 4.78 is 0. The van der Waals surface area contributed by atoms with Crippen LogP contribution in [-0.2, 0) is 9.59 Å². The molecule has 32 heavy (non-hydrogen) atoms. The number of aryl methyl sites for hydroxylation is 3. The number of carbonyl (C=O) groups is 2. The number of hydrogen-bond acceptors (Lipinski definition) is 6. The number of carbonyl (C=O) groups excluding carboxylic acids is 2. The molecule has 6 nitrogen and oxygen atoms in total. The van der Waals surface area contributed by atoms with E-state index in [1.807, 2.05) is 56.3 Å². The van der Waals surface area contributed by atoms with Gasteiger partial charge in [-0.15, -0.1) is 10.2 Å². The molecule has 2 aromatic carbocycles. The van der Waals surface area contributed by atoms with Gasteiger partial charge >= 0.3 is 5.91 Å². The highest BCUT2D eigenvalue weighted by Crippen LogP contribution is 2.43. The molecule has 1 aliphatic rings. The molecular formula is C25H25N3O3S. The number of hydrogen-bond donors (Lipinski definition) is 1. The van der Waals surface area contributed by atoms with Crippen LogP contribution in [0.25, 0.3) is 5.76 Å². The van der Waals surface area contributed by atoms with Gasteiger partial charge in [0.1, 0.15) is 10.8 Å². The number of aliphatic hydroxyl groups excluding tert-OH is 1. The molecule has 0 bridgehead atoms. The predicted octanol–water partition coefficient (Wildman–Crippen LogP) is 5.21. The molecule has 1 N–H and O–H groups in total. The summed E-state index contributed by atoms with van der Waals surface area (Å²) in [6.45, 7) is 9.78. The summed E-state index contributed by atoms with van der Waals surface area (Å²) in [4.78, 5) is 27.7. The zero-order valence-corrected chi connectivity index (χ0v) is 19.5. The van der Waals surface area contributed by atoms with Crippen LogP contribution in [0.2, 0.25) is 0 Å². The Bertz CT molecular complexity index is 1240. The van der Waals surface area contributed by atoms with Crippen molar-refractivity contribution in [3.8, 4) is 0 Å². The lowest BCUT2D eigenvalue weighted by molar-refractivity contribution is -0.132. The van der Waals surface area contributed by atoms with Crippen LogP contribution in [0.15, 0.2) is 48.0 Å². The van der Waals surface area contributed by atoms with Crippen LogP contribution < -0.4 is 4.90 Å². The van der Waals surface area contributed by atoms with Gasteiger partial charge in [-0.3, -0.25) is 14.5 Å². The highest BCUT2D eigenvalue weighted by atomic mass is 32.1. The number of nitrogens with zero attached hydrogens (tertiary/aromatic N) is 3. The molecule has 0 saturated carbocycles. The maximum atomic E-state index is 13.2. The Kier molecular flexibility index (Phi) is 5.69. The molecule has 7 heteroatoms. The molecule has 1 atom stereocenters. The minimum Gasteiger partial charge on any atom is -0.507 e. The van der Waals surface area contributed by atoms with Crippen molar-refractivity contribution in [3.63, 3.8) is 0 Å². The third kappa shape index (κ3) is 3.73. The highest BCUT2D eigenvalue weighted by molar-refractivity contribution is 7.15. The van der Waals surface area contributed by atoms with Crippen LogP contribution in [0.3, 0.4) is 0 Å². The van der Waals surface area contributed by atoms with E-state index in [-0.39, 0.29) is 11.3 Å². The molecule has 4 rings (SSSR count). The van der Waals surface area contributed by atoms with Gasteiger partial charge in [-0.05, 0) is 49.4 Å². The van der Waals surface area contributed by atoms with Crippen molar-refractivity contribution in [1.29, 1.82) is 0 Å². The molecule has 1 aromatic heterocycles. The number of rotatable bonds is 4. The molecule has 2 heterocycles. The van der Waals surface area contributed by atoms with E-state index < -0.39 is 17.7 Å². The van der Waals surface area contributed by atoms with Crippen LogP contribution in [0.1, 0.15) is 58.6 Å². The van der Waals surface area contributed by atoms with Gasteiger partial charge in [-0.1, -0.05) is 67.1 Å². The third-order valence-electron chi connectivity index (χ3n) is 5.73. The normalized spacial score (nSPS) is 18.1. The number of amides is 1. The second-order valence-electron chi connectivity index (χ2n) is 8.41. The Hall–Kier alpha value is -3.32. The van der Waals surface area contributed by atoms with Crippen molar-refractivity contribution < 1.29 is 14.7 Å². The maximum absolute atomic E-state index is 13.2. The summed E-state index contributed by atoms with van der Waals surface area (Å²) in [6, 6.07) is 12.7. The average Bonchev–Trinajstić information content (AvgIpc) is 3.30. The largest absolute Gasteiger partial charge is 0.507 e. The SMILES string of the molecule is Cc1ccc(C)c(C(O)=C2C(=O)C(=O)N(c3nnc(C)s3)C2c2ccc(C(C)C)cc2)c1. The Balaban J connectivity index is 1.95.